The van der Waals surface area contributed by atoms with Crippen LogP contribution in [0.25, 0.3) is 5.69 Å². The van der Waals surface area contributed by atoms with Gasteiger partial charge in [0.05, 0.1) is 10.5 Å². The number of benzene rings is 2. The highest BCUT2D eigenvalue weighted by Crippen LogP contribution is 2.35. The van der Waals surface area contributed by atoms with Gasteiger partial charge in [-0.05, 0) is 42.8 Å². The van der Waals surface area contributed by atoms with Crippen molar-refractivity contribution in [3.8, 4) is 11.4 Å². The summed E-state index contributed by atoms with van der Waals surface area (Å²) >= 11 is 5.95. The second-order valence-electron chi connectivity index (χ2n) is 8.57. The number of aromatic nitrogens is 1. The molecule has 2 amide bonds. The molecule has 1 aliphatic rings. The number of halogens is 2. The molecule has 0 fully saturated rings. The lowest BCUT2D eigenvalue weighted by Gasteiger charge is -2.33. The molecule has 3 aromatic rings. The van der Waals surface area contributed by atoms with Gasteiger partial charge in [-0.25, -0.2) is 17.9 Å². The third kappa shape index (κ3) is 4.70. The van der Waals surface area contributed by atoms with Crippen LogP contribution in [0.4, 0.5) is 4.39 Å². The topological polar surface area (TPSA) is 143 Å². The van der Waals surface area contributed by atoms with Crippen molar-refractivity contribution in [2.24, 2.45) is 5.14 Å². The van der Waals surface area contributed by atoms with Crippen LogP contribution in [0, 0.1) is 0 Å². The second kappa shape index (κ2) is 9.61. The molecule has 1 atom stereocenters. The average molecular weight is 549 g/mol. The van der Waals surface area contributed by atoms with Gasteiger partial charge in [0.2, 0.25) is 16.3 Å². The number of pyridine rings is 1. The molecule has 0 radical (unpaired) electrons. The minimum Gasteiger partial charge on any atom is -0.502 e. The van der Waals surface area contributed by atoms with Crippen molar-refractivity contribution >= 4 is 33.4 Å². The summed E-state index contributed by atoms with van der Waals surface area (Å²) in [6, 6.07) is 10.7. The molecule has 10 nitrogen and oxygen atoms in total. The van der Waals surface area contributed by atoms with Crippen LogP contribution < -0.4 is 10.7 Å². The Bertz CT molecular complexity index is 1590. The van der Waals surface area contributed by atoms with E-state index in [9.17, 15) is 27.9 Å². The molecule has 1 aliphatic heterocycles. The van der Waals surface area contributed by atoms with E-state index in [4.69, 9.17) is 16.7 Å². The third-order valence-electron chi connectivity index (χ3n) is 5.96. The van der Waals surface area contributed by atoms with Gasteiger partial charge < -0.3 is 14.9 Å². The first kappa shape index (κ1) is 26.3. The normalized spacial score (nSPS) is 14.3. The zero-order valence-corrected chi connectivity index (χ0v) is 21.3. The van der Waals surface area contributed by atoms with Crippen molar-refractivity contribution in [2.45, 2.75) is 17.6 Å². The van der Waals surface area contributed by atoms with Crippen molar-refractivity contribution in [1.82, 2.24) is 14.4 Å². The van der Waals surface area contributed by atoms with E-state index in [0.29, 0.717) is 0 Å². The maximum absolute atomic E-state index is 15.4. The van der Waals surface area contributed by atoms with E-state index >= 15 is 4.39 Å². The van der Waals surface area contributed by atoms with Gasteiger partial charge in [0.25, 0.3) is 17.4 Å². The number of carbonyl (C=O) groups excluding carboxylic acids is 2. The molecule has 13 heteroatoms. The van der Waals surface area contributed by atoms with Gasteiger partial charge in [-0.15, -0.1) is 0 Å². The highest BCUT2D eigenvalue weighted by atomic mass is 35.5. The zero-order chi connectivity index (χ0) is 27.2. The number of sulfonamides is 1. The molecule has 3 N–H and O–H groups in total. The SMILES string of the molecule is CN(C)C(=O)c1c2c(c(O)c(=O)n1-c1ccc(S(N)(=O)=O)cc1)C(=O)N(C(F)c1cccc(Cl)c1)CC2. The summed E-state index contributed by atoms with van der Waals surface area (Å²) in [6.45, 7) is -0.158. The fraction of sp³-hybridized carbons (Fsp3) is 0.208. The summed E-state index contributed by atoms with van der Waals surface area (Å²) in [6.07, 6.45) is -1.97. The number of rotatable bonds is 5. The molecule has 194 valence electrons. The van der Waals surface area contributed by atoms with Crippen molar-refractivity contribution in [1.29, 1.82) is 0 Å². The largest absolute Gasteiger partial charge is 0.502 e. The van der Waals surface area contributed by atoms with E-state index in [0.717, 1.165) is 21.6 Å². The summed E-state index contributed by atoms with van der Waals surface area (Å²) in [7, 11) is -1.15. The van der Waals surface area contributed by atoms with E-state index in [1.54, 1.807) is 6.07 Å². The van der Waals surface area contributed by atoms with Crippen molar-refractivity contribution in [3.05, 3.63) is 86.3 Å². The Morgan fingerprint density at radius 2 is 1.81 bits per heavy atom. The molecule has 0 saturated heterocycles. The first-order valence-corrected chi connectivity index (χ1v) is 12.8. The van der Waals surface area contributed by atoms with Crippen LogP contribution in [-0.2, 0) is 16.4 Å². The molecule has 0 saturated carbocycles. The molecule has 1 unspecified atom stereocenters. The Morgan fingerprint density at radius 3 is 2.38 bits per heavy atom. The van der Waals surface area contributed by atoms with Gasteiger partial charge in [-0.1, -0.05) is 23.7 Å². The Balaban J connectivity index is 1.91. The van der Waals surface area contributed by atoms with Crippen molar-refractivity contribution in [3.63, 3.8) is 0 Å². The summed E-state index contributed by atoms with van der Waals surface area (Å²) in [5.74, 6) is -2.58. The van der Waals surface area contributed by atoms with Crippen molar-refractivity contribution in [2.75, 3.05) is 20.6 Å². The van der Waals surface area contributed by atoms with Gasteiger partial charge in [-0.2, -0.15) is 0 Å². The molecular weight excluding hydrogens is 527 g/mol. The monoisotopic (exact) mass is 548 g/mol. The Labute approximate surface area is 216 Å². The average Bonchev–Trinajstić information content (AvgIpc) is 2.84. The third-order valence-corrected chi connectivity index (χ3v) is 7.13. The number of amides is 2. The Hall–Kier alpha value is -3.74. The highest BCUT2D eigenvalue weighted by molar-refractivity contribution is 7.89. The van der Waals surface area contributed by atoms with Gasteiger partial charge in [-0.3, -0.25) is 19.0 Å². The summed E-state index contributed by atoms with van der Waals surface area (Å²) in [4.78, 5) is 41.7. The molecule has 2 heterocycles. The van der Waals surface area contributed by atoms with Crippen LogP contribution in [0.2, 0.25) is 5.02 Å². The van der Waals surface area contributed by atoms with Crippen LogP contribution in [0.5, 0.6) is 5.75 Å². The zero-order valence-electron chi connectivity index (χ0n) is 19.7. The number of hydrogen-bond acceptors (Lipinski definition) is 6. The van der Waals surface area contributed by atoms with Crippen LogP contribution in [0.1, 0.15) is 38.3 Å². The van der Waals surface area contributed by atoms with E-state index < -0.39 is 45.0 Å². The fourth-order valence-electron chi connectivity index (χ4n) is 4.18. The van der Waals surface area contributed by atoms with Gasteiger partial charge in [0, 0.05) is 42.5 Å². The standard InChI is InChI=1S/C24H22ClFN4O6S/c1-28(2)23(33)19-17-10-11-29(21(26)13-4-3-5-14(25)12-13)22(32)18(17)20(31)24(34)30(19)15-6-8-16(9-7-15)37(27,35)36/h3-9,12,21,31H,10-11H2,1-2H3,(H2,27,35,36). The predicted octanol–water partition coefficient (Wildman–Crippen LogP) is 2.21. The van der Waals surface area contributed by atoms with Gasteiger partial charge in [0.15, 0.2) is 5.75 Å². The van der Waals surface area contributed by atoms with E-state index in [2.05, 4.69) is 0 Å². The number of hydrogen-bond donors (Lipinski definition) is 2. The van der Waals surface area contributed by atoms with Crippen molar-refractivity contribution < 1.29 is 27.5 Å². The number of primary sulfonamides is 1. The molecule has 4 rings (SSSR count). The fourth-order valence-corrected chi connectivity index (χ4v) is 4.89. The number of nitrogens with two attached hydrogens (primary N) is 1. The van der Waals surface area contributed by atoms with E-state index in [1.807, 2.05) is 0 Å². The number of carbonyl (C=O) groups is 2. The molecule has 1 aromatic heterocycles. The van der Waals surface area contributed by atoms with Crippen LogP contribution >= 0.6 is 11.6 Å². The summed E-state index contributed by atoms with van der Waals surface area (Å²) in [5, 5.41) is 16.2. The lowest BCUT2D eigenvalue weighted by molar-refractivity contribution is 0.0429. The van der Waals surface area contributed by atoms with Crippen LogP contribution in [-0.4, -0.2) is 60.3 Å². The quantitative estimate of drug-likeness (QED) is 0.468. The molecule has 37 heavy (non-hydrogen) atoms. The molecule has 0 aliphatic carbocycles. The number of fused-ring (bicyclic) bond motifs is 1. The predicted molar refractivity (Wildman–Crippen MR) is 133 cm³/mol. The Kier molecular flexibility index (Phi) is 6.84. The maximum atomic E-state index is 15.4. The smallest absolute Gasteiger partial charge is 0.298 e. The maximum Gasteiger partial charge on any atom is 0.298 e. The summed E-state index contributed by atoms with van der Waals surface area (Å²) < 4.78 is 39.5. The first-order valence-electron chi connectivity index (χ1n) is 10.9. The molecule has 0 bridgehead atoms. The first-order chi connectivity index (χ1) is 17.3. The minimum absolute atomic E-state index is 0.0536. The molecule has 0 spiro atoms. The lowest BCUT2D eigenvalue weighted by atomic mass is 9.94. The second-order valence-corrected chi connectivity index (χ2v) is 10.6. The van der Waals surface area contributed by atoms with Crippen LogP contribution in [0.3, 0.4) is 0 Å². The number of alkyl halides is 1. The van der Waals surface area contributed by atoms with E-state index in [1.165, 1.54) is 49.3 Å². The lowest BCUT2D eigenvalue weighted by Crippen LogP contribution is -2.43. The van der Waals surface area contributed by atoms with Gasteiger partial charge in [0.1, 0.15) is 5.69 Å². The molecule has 2 aromatic carbocycles. The summed E-state index contributed by atoms with van der Waals surface area (Å²) in [5.41, 5.74) is -1.57. The minimum atomic E-state index is -4.03. The van der Waals surface area contributed by atoms with Gasteiger partial charge >= 0.3 is 0 Å². The highest BCUT2D eigenvalue weighted by Gasteiger charge is 2.38. The molecular formula is C24H22ClFN4O6S. The Morgan fingerprint density at radius 1 is 1.16 bits per heavy atom. The number of aromatic hydroxyl groups is 1. The van der Waals surface area contributed by atoms with Crippen LogP contribution in [0.15, 0.2) is 58.2 Å². The van der Waals surface area contributed by atoms with E-state index in [-0.39, 0.29) is 45.4 Å². The number of nitrogens with zero attached hydrogens (tertiary/aromatic N) is 3.